The van der Waals surface area contributed by atoms with Crippen molar-refractivity contribution in [3.05, 3.63) is 34.5 Å². The van der Waals surface area contributed by atoms with Gasteiger partial charge in [0, 0.05) is 19.3 Å². The van der Waals surface area contributed by atoms with E-state index in [0.717, 1.165) is 0 Å². The molecule has 2 aromatic rings. The predicted octanol–water partition coefficient (Wildman–Crippen LogP) is 0.713. The molecule has 0 fully saturated rings. The molecule has 0 N–H and O–H groups in total. The Morgan fingerprint density at radius 3 is 3.06 bits per heavy atom. The first-order valence-electron chi connectivity index (χ1n) is 4.83. The van der Waals surface area contributed by atoms with Gasteiger partial charge < -0.3 is 9.15 Å². The first-order valence-corrected chi connectivity index (χ1v) is 4.83. The van der Waals surface area contributed by atoms with Gasteiger partial charge in [-0.05, 0) is 17.7 Å². The van der Waals surface area contributed by atoms with Crippen molar-refractivity contribution in [2.75, 3.05) is 7.11 Å². The molecule has 2 rings (SSSR count). The number of fused-ring (bicyclic) bond motifs is 1. The van der Waals surface area contributed by atoms with Crippen molar-refractivity contribution < 1.29 is 13.9 Å². The van der Waals surface area contributed by atoms with E-state index >= 15 is 0 Å². The van der Waals surface area contributed by atoms with Gasteiger partial charge in [-0.2, -0.15) is 0 Å². The minimum Gasteiger partial charge on any atom is -0.466 e. The number of ether oxygens (including phenoxy) is 1. The maximum atomic E-state index is 11.2. The fraction of sp³-hybridized carbons (Fsp3) is 0.182. The highest BCUT2D eigenvalue weighted by Gasteiger charge is 2.06. The second-order valence-electron chi connectivity index (χ2n) is 3.37. The third-order valence-electron chi connectivity index (χ3n) is 2.26. The van der Waals surface area contributed by atoms with Gasteiger partial charge in [0.05, 0.1) is 7.11 Å². The van der Waals surface area contributed by atoms with Crippen molar-refractivity contribution >= 4 is 23.3 Å². The highest BCUT2D eigenvalue weighted by molar-refractivity contribution is 5.87. The highest BCUT2D eigenvalue weighted by Crippen LogP contribution is 2.12. The minimum absolute atomic E-state index is 0.379. The number of esters is 1. The number of pyridine rings is 1. The molecule has 88 valence electrons. The van der Waals surface area contributed by atoms with Gasteiger partial charge in [-0.1, -0.05) is 0 Å². The van der Waals surface area contributed by atoms with Crippen molar-refractivity contribution in [2.45, 2.75) is 0 Å². The number of aryl methyl sites for hydroxylation is 1. The number of carbonyl (C=O) groups excluding carboxylic acids is 1. The molecular formula is C11H10N2O4. The summed E-state index contributed by atoms with van der Waals surface area (Å²) in [4.78, 5) is 26.2. The SMILES string of the molecule is COC(=O)/C=C/c1cnc2c(c1)oc(=O)n2C. The Balaban J connectivity index is 2.42. The summed E-state index contributed by atoms with van der Waals surface area (Å²) in [5.41, 5.74) is 1.49. The molecule has 6 nitrogen and oxygen atoms in total. The summed E-state index contributed by atoms with van der Waals surface area (Å²) in [5.74, 6) is -0.929. The molecule has 0 aliphatic carbocycles. The normalized spacial score (nSPS) is 11.2. The van der Waals surface area contributed by atoms with Crippen molar-refractivity contribution in [2.24, 2.45) is 7.05 Å². The van der Waals surface area contributed by atoms with Gasteiger partial charge in [0.15, 0.2) is 11.2 Å². The Hall–Kier alpha value is -2.37. The average Bonchev–Trinajstić information content (AvgIpc) is 2.62. The molecule has 0 saturated heterocycles. The minimum atomic E-state index is -0.471. The van der Waals surface area contributed by atoms with Gasteiger partial charge in [-0.25, -0.2) is 14.6 Å². The molecule has 17 heavy (non-hydrogen) atoms. The predicted molar refractivity (Wildman–Crippen MR) is 60.3 cm³/mol. The summed E-state index contributed by atoms with van der Waals surface area (Å²) in [6.07, 6.45) is 4.34. The van der Waals surface area contributed by atoms with Crippen LogP contribution in [0.1, 0.15) is 5.56 Å². The molecule has 0 aliphatic rings. The van der Waals surface area contributed by atoms with Gasteiger partial charge in [0.1, 0.15) is 0 Å². The van der Waals surface area contributed by atoms with Gasteiger partial charge in [-0.3, -0.25) is 4.57 Å². The molecule has 6 heteroatoms. The van der Waals surface area contributed by atoms with Crippen LogP contribution in [-0.4, -0.2) is 22.6 Å². The molecule has 2 aromatic heterocycles. The van der Waals surface area contributed by atoms with E-state index in [4.69, 9.17) is 4.42 Å². The van der Waals surface area contributed by atoms with Crippen molar-refractivity contribution in [3.63, 3.8) is 0 Å². The lowest BCUT2D eigenvalue weighted by atomic mass is 10.2. The van der Waals surface area contributed by atoms with E-state index in [0.29, 0.717) is 16.8 Å². The fourth-order valence-corrected chi connectivity index (χ4v) is 1.35. The Kier molecular flexibility index (Phi) is 2.78. The fourth-order valence-electron chi connectivity index (χ4n) is 1.35. The van der Waals surface area contributed by atoms with E-state index < -0.39 is 11.7 Å². The van der Waals surface area contributed by atoms with E-state index in [1.807, 2.05) is 0 Å². The van der Waals surface area contributed by atoms with E-state index in [2.05, 4.69) is 9.72 Å². The third-order valence-corrected chi connectivity index (χ3v) is 2.26. The Bertz CT molecular complexity index is 651. The summed E-state index contributed by atoms with van der Waals surface area (Å²) in [7, 11) is 2.87. The molecule has 0 unspecified atom stereocenters. The van der Waals surface area contributed by atoms with E-state index in [-0.39, 0.29) is 0 Å². The largest absolute Gasteiger partial charge is 0.466 e. The number of carbonyl (C=O) groups is 1. The molecule has 0 atom stereocenters. The van der Waals surface area contributed by atoms with Crippen LogP contribution in [0.25, 0.3) is 17.3 Å². The zero-order valence-corrected chi connectivity index (χ0v) is 9.34. The van der Waals surface area contributed by atoms with Crippen LogP contribution in [0.5, 0.6) is 0 Å². The lowest BCUT2D eigenvalue weighted by Crippen LogP contribution is -2.08. The topological polar surface area (TPSA) is 74.3 Å². The molecule has 0 radical (unpaired) electrons. The lowest BCUT2D eigenvalue weighted by Gasteiger charge is -1.93. The summed E-state index contributed by atoms with van der Waals surface area (Å²) >= 11 is 0. The van der Waals surface area contributed by atoms with Crippen LogP contribution in [0.4, 0.5) is 0 Å². The number of hydrogen-bond donors (Lipinski definition) is 0. The Morgan fingerprint density at radius 2 is 2.35 bits per heavy atom. The maximum Gasteiger partial charge on any atom is 0.420 e. The van der Waals surface area contributed by atoms with Crippen LogP contribution in [0.2, 0.25) is 0 Å². The van der Waals surface area contributed by atoms with Crippen molar-refractivity contribution in [1.29, 1.82) is 0 Å². The Labute approximate surface area is 96.1 Å². The number of nitrogens with zero attached hydrogens (tertiary/aromatic N) is 2. The number of aromatic nitrogens is 2. The summed E-state index contributed by atoms with van der Waals surface area (Å²) in [5, 5.41) is 0. The number of methoxy groups -OCH3 is 1. The average molecular weight is 234 g/mol. The van der Waals surface area contributed by atoms with E-state index in [1.165, 1.54) is 30.0 Å². The lowest BCUT2D eigenvalue weighted by molar-refractivity contribution is -0.134. The van der Waals surface area contributed by atoms with Crippen LogP contribution in [0.15, 0.2) is 27.6 Å². The molecular weight excluding hydrogens is 224 g/mol. The zero-order chi connectivity index (χ0) is 12.4. The molecule has 0 aliphatic heterocycles. The van der Waals surface area contributed by atoms with Gasteiger partial charge in [0.25, 0.3) is 0 Å². The van der Waals surface area contributed by atoms with E-state index in [9.17, 15) is 9.59 Å². The quantitative estimate of drug-likeness (QED) is 0.565. The molecule has 0 saturated carbocycles. The molecule has 0 aromatic carbocycles. The van der Waals surface area contributed by atoms with Gasteiger partial charge in [0.2, 0.25) is 0 Å². The van der Waals surface area contributed by atoms with Gasteiger partial charge in [-0.15, -0.1) is 0 Å². The third kappa shape index (κ3) is 2.10. The first kappa shape index (κ1) is 11.1. The second-order valence-corrected chi connectivity index (χ2v) is 3.37. The number of hydrogen-bond acceptors (Lipinski definition) is 5. The highest BCUT2D eigenvalue weighted by atomic mass is 16.5. The van der Waals surface area contributed by atoms with Gasteiger partial charge >= 0.3 is 11.7 Å². The summed E-state index contributed by atoms with van der Waals surface area (Å²) < 4.78 is 10.7. The van der Waals surface area contributed by atoms with E-state index in [1.54, 1.807) is 13.1 Å². The van der Waals surface area contributed by atoms with Crippen LogP contribution < -0.4 is 5.76 Å². The Morgan fingerprint density at radius 1 is 1.59 bits per heavy atom. The molecule has 0 bridgehead atoms. The summed E-state index contributed by atoms with van der Waals surface area (Å²) in [6, 6.07) is 1.63. The standard InChI is InChI=1S/C11H10N2O4/c1-13-10-8(17-11(13)15)5-7(6-12-10)3-4-9(14)16-2/h3-6H,1-2H3/b4-3+. The molecule has 0 spiro atoms. The van der Waals surface area contributed by atoms with Crippen LogP contribution in [0.3, 0.4) is 0 Å². The van der Waals surface area contributed by atoms with Crippen molar-refractivity contribution in [3.8, 4) is 0 Å². The smallest absolute Gasteiger partial charge is 0.420 e. The maximum absolute atomic E-state index is 11.2. The molecule has 2 heterocycles. The van der Waals surface area contributed by atoms with Crippen LogP contribution >= 0.6 is 0 Å². The first-order chi connectivity index (χ1) is 8.11. The van der Waals surface area contributed by atoms with Crippen LogP contribution in [-0.2, 0) is 16.6 Å². The van der Waals surface area contributed by atoms with Crippen molar-refractivity contribution in [1.82, 2.24) is 9.55 Å². The number of rotatable bonds is 2. The monoisotopic (exact) mass is 234 g/mol. The second kappa shape index (κ2) is 4.25. The number of oxazole rings is 1. The zero-order valence-electron chi connectivity index (χ0n) is 9.34. The molecule has 0 amide bonds. The van der Waals surface area contributed by atoms with Crippen LogP contribution in [0, 0.1) is 0 Å². The summed E-state index contributed by atoms with van der Waals surface area (Å²) in [6.45, 7) is 0.